The third-order valence-electron chi connectivity index (χ3n) is 4.90. The van der Waals surface area contributed by atoms with Gasteiger partial charge < -0.3 is 9.87 Å². The van der Waals surface area contributed by atoms with Gasteiger partial charge in [0.1, 0.15) is 6.07 Å². The van der Waals surface area contributed by atoms with Gasteiger partial charge in [-0.05, 0) is 48.1 Å². The number of fused-ring (bicyclic) bond motifs is 1. The first-order chi connectivity index (χ1) is 13.1. The zero-order valence-corrected chi connectivity index (χ0v) is 15.4. The highest BCUT2D eigenvalue weighted by atomic mass is 32.2. The van der Waals surface area contributed by atoms with E-state index in [0.717, 1.165) is 46.1 Å². The summed E-state index contributed by atoms with van der Waals surface area (Å²) in [7, 11) is 0. The van der Waals surface area contributed by atoms with Gasteiger partial charge >= 0.3 is 0 Å². The Kier molecular flexibility index (Phi) is 4.84. The van der Waals surface area contributed by atoms with Crippen molar-refractivity contribution < 1.29 is 8.76 Å². The predicted octanol–water partition coefficient (Wildman–Crippen LogP) is 3.85. The van der Waals surface area contributed by atoms with Crippen LogP contribution >= 0.6 is 0 Å². The molecule has 0 amide bonds. The van der Waals surface area contributed by atoms with Gasteiger partial charge in [0.05, 0.1) is 17.0 Å². The standard InChI is InChI=1S/C20H18N4O2S/c21-11-19-20(22-16-2-1-3-16)17-9-8-15(10-18(17)23-24-19)14-6-4-13(5-7-14)12-27(25)26/h4-10,16H,1-3,12H2,(H,22,23)(H,25,26). The van der Waals surface area contributed by atoms with Crippen LogP contribution in [0.1, 0.15) is 30.5 Å². The van der Waals surface area contributed by atoms with Crippen molar-refractivity contribution in [3.05, 3.63) is 53.7 Å². The molecule has 1 heterocycles. The molecule has 1 fully saturated rings. The molecule has 2 N–H and O–H groups in total. The van der Waals surface area contributed by atoms with Crippen molar-refractivity contribution in [2.75, 3.05) is 5.32 Å². The van der Waals surface area contributed by atoms with Gasteiger partial charge in [0.25, 0.3) is 0 Å². The van der Waals surface area contributed by atoms with Crippen LogP contribution in [-0.4, -0.2) is 25.0 Å². The third kappa shape index (κ3) is 3.68. The smallest absolute Gasteiger partial charge is 0.186 e. The molecule has 1 unspecified atom stereocenters. The lowest BCUT2D eigenvalue weighted by atomic mass is 9.92. The maximum atomic E-state index is 10.9. The van der Waals surface area contributed by atoms with Crippen molar-refractivity contribution in [1.29, 1.82) is 5.26 Å². The maximum Gasteiger partial charge on any atom is 0.186 e. The van der Waals surface area contributed by atoms with Crippen molar-refractivity contribution in [3.63, 3.8) is 0 Å². The van der Waals surface area contributed by atoms with Crippen LogP contribution in [0.3, 0.4) is 0 Å². The number of aromatic nitrogens is 2. The van der Waals surface area contributed by atoms with E-state index < -0.39 is 11.1 Å². The zero-order chi connectivity index (χ0) is 18.8. The van der Waals surface area contributed by atoms with E-state index in [1.807, 2.05) is 42.5 Å². The molecule has 0 spiro atoms. The lowest BCUT2D eigenvalue weighted by Gasteiger charge is -2.28. The summed E-state index contributed by atoms with van der Waals surface area (Å²) in [6.45, 7) is 0. The number of anilines is 1. The van der Waals surface area contributed by atoms with Gasteiger partial charge in [-0.1, -0.05) is 30.3 Å². The molecule has 7 heteroatoms. The van der Waals surface area contributed by atoms with Gasteiger partial charge in [-0.3, -0.25) is 0 Å². The van der Waals surface area contributed by atoms with Crippen LogP contribution < -0.4 is 5.32 Å². The second kappa shape index (κ2) is 7.43. The Labute approximate surface area is 159 Å². The lowest BCUT2D eigenvalue weighted by Crippen LogP contribution is -2.27. The number of nitriles is 1. The monoisotopic (exact) mass is 378 g/mol. The molecule has 1 aliphatic carbocycles. The van der Waals surface area contributed by atoms with Gasteiger partial charge in [-0.25, -0.2) is 4.21 Å². The minimum Gasteiger partial charge on any atom is -0.379 e. The van der Waals surface area contributed by atoms with Crippen molar-refractivity contribution in [3.8, 4) is 17.2 Å². The molecule has 136 valence electrons. The Morgan fingerprint density at radius 2 is 1.89 bits per heavy atom. The molecule has 0 aliphatic heterocycles. The average Bonchev–Trinajstić information content (AvgIpc) is 2.64. The van der Waals surface area contributed by atoms with Crippen LogP contribution in [-0.2, 0) is 16.8 Å². The molecule has 0 bridgehead atoms. The van der Waals surface area contributed by atoms with Crippen molar-refractivity contribution in [1.82, 2.24) is 10.2 Å². The summed E-state index contributed by atoms with van der Waals surface area (Å²) >= 11 is -1.84. The summed E-state index contributed by atoms with van der Waals surface area (Å²) in [5, 5.41) is 22.0. The summed E-state index contributed by atoms with van der Waals surface area (Å²) in [5.74, 6) is 0.122. The van der Waals surface area contributed by atoms with E-state index >= 15 is 0 Å². The second-order valence-electron chi connectivity index (χ2n) is 6.70. The SMILES string of the molecule is N#Cc1nnc2cc(-c3ccc(CS(=O)O)cc3)ccc2c1NC1CCC1. The Morgan fingerprint density at radius 1 is 1.15 bits per heavy atom. The fraction of sp³-hybridized carbons (Fsp3) is 0.250. The molecular formula is C20H18N4O2S. The molecule has 2 aromatic carbocycles. The Morgan fingerprint density at radius 3 is 2.52 bits per heavy atom. The lowest BCUT2D eigenvalue weighted by molar-refractivity contribution is 0.445. The Bertz CT molecular complexity index is 1060. The number of rotatable bonds is 5. The molecule has 0 saturated heterocycles. The topological polar surface area (TPSA) is 98.9 Å². The molecule has 4 rings (SSSR count). The number of hydrogen-bond acceptors (Lipinski definition) is 5. The summed E-state index contributed by atoms with van der Waals surface area (Å²) < 4.78 is 19.9. The van der Waals surface area contributed by atoms with E-state index in [9.17, 15) is 9.47 Å². The van der Waals surface area contributed by atoms with Crippen molar-refractivity contribution in [2.24, 2.45) is 0 Å². The van der Waals surface area contributed by atoms with Crippen LogP contribution in [0.15, 0.2) is 42.5 Å². The van der Waals surface area contributed by atoms with Crippen molar-refractivity contribution >= 4 is 27.7 Å². The average molecular weight is 378 g/mol. The summed E-state index contributed by atoms with van der Waals surface area (Å²) in [4.78, 5) is 0. The van der Waals surface area contributed by atoms with Gasteiger partial charge in [-0.2, -0.15) is 5.26 Å². The van der Waals surface area contributed by atoms with Crippen LogP contribution in [0.25, 0.3) is 22.0 Å². The van der Waals surface area contributed by atoms with Crippen molar-refractivity contribution in [2.45, 2.75) is 31.1 Å². The minimum absolute atomic E-state index is 0.122. The van der Waals surface area contributed by atoms with Gasteiger partial charge in [0, 0.05) is 11.4 Å². The van der Waals surface area contributed by atoms with Crippen LogP contribution in [0.2, 0.25) is 0 Å². The normalized spacial score (nSPS) is 15.1. The van der Waals surface area contributed by atoms with E-state index in [1.54, 1.807) is 0 Å². The molecular weight excluding hydrogens is 360 g/mol. The Hall–Kier alpha value is -2.82. The fourth-order valence-electron chi connectivity index (χ4n) is 3.20. The highest BCUT2D eigenvalue weighted by Gasteiger charge is 2.20. The third-order valence-corrected chi connectivity index (χ3v) is 5.48. The summed E-state index contributed by atoms with van der Waals surface area (Å²) in [6, 6.07) is 16.0. The van der Waals surface area contributed by atoms with E-state index in [-0.39, 0.29) is 5.75 Å². The molecule has 1 saturated carbocycles. The first-order valence-electron chi connectivity index (χ1n) is 8.78. The molecule has 1 aromatic heterocycles. The van der Waals surface area contributed by atoms with E-state index in [0.29, 0.717) is 11.7 Å². The molecule has 3 aromatic rings. The Balaban J connectivity index is 1.70. The largest absolute Gasteiger partial charge is 0.379 e. The number of hydrogen-bond donors (Lipinski definition) is 2. The zero-order valence-electron chi connectivity index (χ0n) is 14.6. The summed E-state index contributed by atoms with van der Waals surface area (Å²) in [5.41, 5.74) is 4.60. The van der Waals surface area contributed by atoms with Crippen LogP contribution in [0.5, 0.6) is 0 Å². The number of benzene rings is 2. The first-order valence-corrected chi connectivity index (χ1v) is 10.1. The molecule has 27 heavy (non-hydrogen) atoms. The van der Waals surface area contributed by atoms with E-state index in [4.69, 9.17) is 4.55 Å². The van der Waals surface area contributed by atoms with Gasteiger partial charge in [0.15, 0.2) is 16.8 Å². The number of nitrogens with one attached hydrogen (secondary N) is 1. The fourth-order valence-corrected chi connectivity index (χ4v) is 3.68. The molecule has 1 aliphatic rings. The van der Waals surface area contributed by atoms with Gasteiger partial charge in [0.2, 0.25) is 0 Å². The molecule has 0 radical (unpaired) electrons. The first kappa shape index (κ1) is 17.6. The van der Waals surface area contributed by atoms with Crippen LogP contribution in [0, 0.1) is 11.3 Å². The number of nitrogens with zero attached hydrogens (tertiary/aromatic N) is 3. The van der Waals surface area contributed by atoms with Gasteiger partial charge in [-0.15, -0.1) is 10.2 Å². The summed E-state index contributed by atoms with van der Waals surface area (Å²) in [6.07, 6.45) is 3.43. The highest BCUT2D eigenvalue weighted by Crippen LogP contribution is 2.32. The minimum atomic E-state index is -1.84. The molecule has 1 atom stereocenters. The van der Waals surface area contributed by atoms with E-state index in [1.165, 1.54) is 6.42 Å². The quantitative estimate of drug-likeness (QED) is 0.654. The molecule has 6 nitrogen and oxygen atoms in total. The highest BCUT2D eigenvalue weighted by molar-refractivity contribution is 7.78. The predicted molar refractivity (Wildman–Crippen MR) is 105 cm³/mol. The second-order valence-corrected chi connectivity index (χ2v) is 7.63. The maximum absolute atomic E-state index is 10.9. The van der Waals surface area contributed by atoms with Crippen LogP contribution in [0.4, 0.5) is 5.69 Å². The van der Waals surface area contributed by atoms with E-state index in [2.05, 4.69) is 21.6 Å².